The highest BCUT2D eigenvalue weighted by atomic mass is 16.5. The van der Waals surface area contributed by atoms with Gasteiger partial charge in [-0.3, -0.25) is 0 Å². The molecule has 0 fully saturated rings. The number of anilines is 2. The smallest absolute Gasteiger partial charge is 0.337 e. The second kappa shape index (κ2) is 10.7. The van der Waals surface area contributed by atoms with E-state index >= 15 is 0 Å². The fourth-order valence-electron chi connectivity index (χ4n) is 3.93. The van der Waals surface area contributed by atoms with Gasteiger partial charge in [0.25, 0.3) is 0 Å². The van der Waals surface area contributed by atoms with Crippen LogP contribution in [-0.2, 0) is 11.2 Å². The molecule has 0 aliphatic heterocycles. The van der Waals surface area contributed by atoms with Crippen molar-refractivity contribution in [3.63, 3.8) is 0 Å². The van der Waals surface area contributed by atoms with Gasteiger partial charge < -0.3 is 20.3 Å². The summed E-state index contributed by atoms with van der Waals surface area (Å²) in [5.41, 5.74) is 4.57. The van der Waals surface area contributed by atoms with E-state index in [4.69, 9.17) is 4.52 Å². The molecule has 0 bridgehead atoms. The third-order valence-corrected chi connectivity index (χ3v) is 5.39. The lowest BCUT2D eigenvalue weighted by molar-refractivity contribution is -0.132. The molecule has 0 amide bonds. The first-order chi connectivity index (χ1) is 15.0. The van der Waals surface area contributed by atoms with Crippen LogP contribution in [0.1, 0.15) is 55.9 Å². The molecule has 0 saturated heterocycles. The van der Waals surface area contributed by atoms with Gasteiger partial charge in [0.2, 0.25) is 0 Å². The number of rotatable bonds is 9. The zero-order chi connectivity index (χ0) is 22.2. The number of allylic oxidation sites excluding steroid dienone is 3. The lowest BCUT2D eigenvalue weighted by atomic mass is 9.82. The molecule has 1 heterocycles. The summed E-state index contributed by atoms with van der Waals surface area (Å²) in [5.74, 6) is 0.877. The minimum atomic E-state index is -0.927. The molecule has 3 rings (SSSR count). The third kappa shape index (κ3) is 5.87. The lowest BCUT2D eigenvalue weighted by Crippen LogP contribution is -2.25. The summed E-state index contributed by atoms with van der Waals surface area (Å²) >= 11 is 0. The second-order valence-corrected chi connectivity index (χ2v) is 7.77. The number of carboxylic acids is 1. The van der Waals surface area contributed by atoms with Crippen LogP contribution in [0.5, 0.6) is 0 Å². The van der Waals surface area contributed by atoms with Crippen molar-refractivity contribution in [1.29, 1.82) is 0 Å². The summed E-state index contributed by atoms with van der Waals surface area (Å²) < 4.78 is 5.12. The van der Waals surface area contributed by atoms with Gasteiger partial charge in [-0.15, -0.1) is 0 Å². The van der Waals surface area contributed by atoms with Crippen LogP contribution in [0, 0.1) is 6.92 Å². The van der Waals surface area contributed by atoms with Gasteiger partial charge in [-0.25, -0.2) is 4.79 Å². The molecule has 0 spiro atoms. The fraction of sp³-hybridized carbons (Fsp3) is 0.360. The summed E-state index contributed by atoms with van der Waals surface area (Å²) in [6, 6.07) is 8.29. The SMILES string of the molecule is C\C=C/C(C(=O)O)=C(\C=C\CC)NC[C@@H]1CCCc2cc(Nc3cc(C)on3)ccc21. The standard InChI is InChI=1S/C25H31N3O3/c1-4-6-11-23(22(8-5-2)25(29)30)26-16-19-10-7-9-18-15-20(12-13-21(18)19)27-24-14-17(3)31-28-24/h5-6,8,11-15,19,26H,4,7,9-10,16H2,1-3H3,(H,27,28)(H,29,30)/b8-5-,11-6+,23-22-/t19-/m0/s1. The van der Waals surface area contributed by atoms with E-state index in [-0.39, 0.29) is 5.57 Å². The molecule has 0 saturated carbocycles. The number of carbonyl (C=O) groups is 1. The topological polar surface area (TPSA) is 87.4 Å². The van der Waals surface area contributed by atoms with E-state index in [1.807, 2.05) is 39.0 Å². The first-order valence-electron chi connectivity index (χ1n) is 10.9. The molecule has 164 valence electrons. The van der Waals surface area contributed by atoms with Gasteiger partial charge in [0.05, 0.1) is 5.57 Å². The maximum Gasteiger partial charge on any atom is 0.337 e. The number of carboxylic acid groups (broad SMARTS) is 1. The number of fused-ring (bicyclic) bond motifs is 1. The number of hydrogen-bond acceptors (Lipinski definition) is 5. The quantitative estimate of drug-likeness (QED) is 0.360. The maximum absolute atomic E-state index is 11.7. The van der Waals surface area contributed by atoms with Gasteiger partial charge in [-0.05, 0) is 74.9 Å². The molecule has 1 atom stereocenters. The van der Waals surface area contributed by atoms with Crippen LogP contribution >= 0.6 is 0 Å². The Hall–Kier alpha value is -3.28. The predicted octanol–water partition coefficient (Wildman–Crippen LogP) is 5.62. The molecule has 1 aliphatic carbocycles. The Morgan fingerprint density at radius 3 is 2.84 bits per heavy atom. The van der Waals surface area contributed by atoms with E-state index in [9.17, 15) is 9.90 Å². The first-order valence-corrected chi connectivity index (χ1v) is 10.9. The van der Waals surface area contributed by atoms with Crippen molar-refractivity contribution in [2.75, 3.05) is 11.9 Å². The highest BCUT2D eigenvalue weighted by Crippen LogP contribution is 2.33. The van der Waals surface area contributed by atoms with Crippen molar-refractivity contribution in [2.24, 2.45) is 0 Å². The number of nitrogens with one attached hydrogen (secondary N) is 2. The Bertz CT molecular complexity index is 1000. The summed E-state index contributed by atoms with van der Waals surface area (Å²) in [6.45, 7) is 6.42. The number of nitrogens with zero attached hydrogens (tertiary/aromatic N) is 1. The molecule has 0 radical (unpaired) electrons. The predicted molar refractivity (Wildman–Crippen MR) is 124 cm³/mol. The summed E-state index contributed by atoms with van der Waals surface area (Å²) in [6.07, 6.45) is 11.3. The van der Waals surface area contributed by atoms with Gasteiger partial charge in [-0.1, -0.05) is 30.3 Å². The number of aliphatic carboxylic acids is 1. The van der Waals surface area contributed by atoms with E-state index in [0.29, 0.717) is 24.0 Å². The average Bonchev–Trinajstić information content (AvgIpc) is 3.16. The van der Waals surface area contributed by atoms with Crippen molar-refractivity contribution in [2.45, 2.75) is 52.4 Å². The van der Waals surface area contributed by atoms with Crippen molar-refractivity contribution < 1.29 is 14.4 Å². The van der Waals surface area contributed by atoms with E-state index < -0.39 is 5.97 Å². The van der Waals surface area contributed by atoms with E-state index in [1.165, 1.54) is 11.1 Å². The van der Waals surface area contributed by atoms with E-state index in [2.05, 4.69) is 34.0 Å². The molecular formula is C25H31N3O3. The third-order valence-electron chi connectivity index (χ3n) is 5.39. The van der Waals surface area contributed by atoms with Crippen LogP contribution in [0.15, 0.2) is 64.4 Å². The summed E-state index contributed by atoms with van der Waals surface area (Å²) in [5, 5.41) is 20.3. The average molecular weight is 422 g/mol. The molecule has 3 N–H and O–H groups in total. The van der Waals surface area contributed by atoms with Crippen LogP contribution < -0.4 is 10.6 Å². The van der Waals surface area contributed by atoms with E-state index in [1.54, 1.807) is 12.2 Å². The normalized spacial score (nSPS) is 16.9. The van der Waals surface area contributed by atoms with E-state index in [0.717, 1.165) is 37.1 Å². The van der Waals surface area contributed by atoms with Crippen molar-refractivity contribution in [3.05, 3.63) is 76.7 Å². The summed E-state index contributed by atoms with van der Waals surface area (Å²) in [4.78, 5) is 11.7. The largest absolute Gasteiger partial charge is 0.478 e. The Kier molecular flexibility index (Phi) is 7.70. The van der Waals surface area contributed by atoms with Crippen molar-refractivity contribution >= 4 is 17.5 Å². The van der Waals surface area contributed by atoms with Crippen LogP contribution in [0.3, 0.4) is 0 Å². The van der Waals surface area contributed by atoms with Crippen LogP contribution in [0.25, 0.3) is 0 Å². The van der Waals surface area contributed by atoms with Gasteiger partial charge in [-0.2, -0.15) is 0 Å². The van der Waals surface area contributed by atoms with Crippen LogP contribution in [-0.4, -0.2) is 22.8 Å². The molecule has 6 heteroatoms. The Morgan fingerprint density at radius 2 is 2.16 bits per heavy atom. The Labute approximate surface area is 183 Å². The monoisotopic (exact) mass is 421 g/mol. The molecule has 1 aliphatic rings. The van der Waals surface area contributed by atoms with Gasteiger partial charge in [0.15, 0.2) is 5.82 Å². The minimum absolute atomic E-state index is 0.283. The Balaban J connectivity index is 1.78. The number of aryl methyl sites for hydroxylation is 2. The zero-order valence-corrected chi connectivity index (χ0v) is 18.4. The highest BCUT2D eigenvalue weighted by molar-refractivity contribution is 5.91. The molecule has 6 nitrogen and oxygen atoms in total. The lowest BCUT2D eigenvalue weighted by Gasteiger charge is -2.27. The van der Waals surface area contributed by atoms with Gasteiger partial charge in [0, 0.05) is 29.9 Å². The molecule has 1 aromatic carbocycles. The molecule has 31 heavy (non-hydrogen) atoms. The Morgan fingerprint density at radius 1 is 1.32 bits per heavy atom. The molecule has 0 unspecified atom stereocenters. The van der Waals surface area contributed by atoms with Crippen LogP contribution in [0.4, 0.5) is 11.5 Å². The van der Waals surface area contributed by atoms with Crippen molar-refractivity contribution in [3.8, 4) is 0 Å². The number of benzene rings is 1. The van der Waals surface area contributed by atoms with Gasteiger partial charge >= 0.3 is 5.97 Å². The maximum atomic E-state index is 11.7. The van der Waals surface area contributed by atoms with Crippen molar-refractivity contribution in [1.82, 2.24) is 10.5 Å². The first kappa shape index (κ1) is 22.4. The number of aromatic nitrogens is 1. The fourth-order valence-corrected chi connectivity index (χ4v) is 3.93. The van der Waals surface area contributed by atoms with Crippen LogP contribution in [0.2, 0.25) is 0 Å². The van der Waals surface area contributed by atoms with Gasteiger partial charge in [0.1, 0.15) is 5.76 Å². The second-order valence-electron chi connectivity index (χ2n) is 7.77. The molecular weight excluding hydrogens is 390 g/mol. The zero-order valence-electron chi connectivity index (χ0n) is 18.4. The molecule has 2 aromatic rings. The summed E-state index contributed by atoms with van der Waals surface area (Å²) in [7, 11) is 0. The molecule has 1 aromatic heterocycles. The number of hydrogen-bond donors (Lipinski definition) is 3. The minimum Gasteiger partial charge on any atom is -0.478 e. The highest BCUT2D eigenvalue weighted by Gasteiger charge is 2.21.